The van der Waals surface area contributed by atoms with Crippen LogP contribution in [0.5, 0.6) is 5.88 Å². The topological polar surface area (TPSA) is 98.3 Å². The number of nitrogens with zero attached hydrogens (tertiary/aromatic N) is 1. The predicted molar refractivity (Wildman–Crippen MR) is 88.5 cm³/mol. The standard InChI is InChI=1S/C17H13N3O3/c21-15-13(16(22)20-17(23)19-15)10-18-14-9-5-4-8-12(14)11-6-2-1-3-7-11/h1-10H,(H3,19,20,21,22,23). The Kier molecular flexibility index (Phi) is 3.88. The molecule has 2 aromatic carbocycles. The van der Waals surface area contributed by atoms with Crippen LogP contribution in [0.3, 0.4) is 0 Å². The zero-order valence-electron chi connectivity index (χ0n) is 12.0. The molecule has 1 heterocycles. The fraction of sp³-hybridized carbons (Fsp3) is 0. The molecule has 3 aromatic rings. The van der Waals surface area contributed by atoms with Gasteiger partial charge in [0.25, 0.3) is 5.56 Å². The van der Waals surface area contributed by atoms with Crippen LogP contribution in [0.25, 0.3) is 11.1 Å². The van der Waals surface area contributed by atoms with Gasteiger partial charge in [0.2, 0.25) is 5.88 Å². The number of H-pyrrole nitrogens is 2. The average Bonchev–Trinajstić information content (AvgIpc) is 2.55. The first kappa shape index (κ1) is 14.5. The summed E-state index contributed by atoms with van der Waals surface area (Å²) in [6.45, 7) is 0. The molecule has 6 nitrogen and oxygen atoms in total. The number of benzene rings is 2. The molecule has 1 aromatic heterocycles. The SMILES string of the molecule is O=c1[nH]c(O)c(C=Nc2ccccc2-c2ccccc2)c(=O)[nH]1. The normalized spacial score (nSPS) is 11.0. The van der Waals surface area contributed by atoms with Crippen LogP contribution in [-0.4, -0.2) is 21.3 Å². The smallest absolute Gasteiger partial charge is 0.328 e. The largest absolute Gasteiger partial charge is 0.494 e. The number of aromatic hydroxyl groups is 1. The van der Waals surface area contributed by atoms with Crippen molar-refractivity contribution in [3.05, 3.63) is 81.0 Å². The van der Waals surface area contributed by atoms with E-state index in [0.717, 1.165) is 11.1 Å². The lowest BCUT2D eigenvalue weighted by atomic mass is 10.0. The van der Waals surface area contributed by atoms with E-state index in [-0.39, 0.29) is 5.56 Å². The van der Waals surface area contributed by atoms with E-state index in [1.807, 2.05) is 53.5 Å². The first-order valence-corrected chi connectivity index (χ1v) is 6.89. The van der Waals surface area contributed by atoms with Gasteiger partial charge >= 0.3 is 5.69 Å². The Hall–Kier alpha value is -3.41. The first-order chi connectivity index (χ1) is 11.1. The van der Waals surface area contributed by atoms with Crippen molar-refractivity contribution in [3.8, 4) is 17.0 Å². The van der Waals surface area contributed by atoms with Gasteiger partial charge in [0.1, 0.15) is 5.56 Å². The minimum absolute atomic E-state index is 0.104. The zero-order chi connectivity index (χ0) is 16.2. The number of hydrogen-bond acceptors (Lipinski definition) is 4. The summed E-state index contributed by atoms with van der Waals surface area (Å²) in [6, 6.07) is 17.1. The molecule has 23 heavy (non-hydrogen) atoms. The molecule has 0 saturated carbocycles. The predicted octanol–water partition coefficient (Wildman–Crippen LogP) is 2.19. The summed E-state index contributed by atoms with van der Waals surface area (Å²) < 4.78 is 0. The van der Waals surface area contributed by atoms with E-state index < -0.39 is 17.1 Å². The van der Waals surface area contributed by atoms with Crippen molar-refractivity contribution >= 4 is 11.9 Å². The Bertz CT molecular complexity index is 972. The van der Waals surface area contributed by atoms with Gasteiger partial charge in [-0.15, -0.1) is 0 Å². The molecule has 114 valence electrons. The molecule has 0 saturated heterocycles. The van der Waals surface area contributed by atoms with E-state index in [1.54, 1.807) is 6.07 Å². The molecule has 3 N–H and O–H groups in total. The number of aromatic amines is 2. The molecule has 6 heteroatoms. The van der Waals surface area contributed by atoms with E-state index in [4.69, 9.17) is 0 Å². The van der Waals surface area contributed by atoms with Crippen LogP contribution in [0.2, 0.25) is 0 Å². The lowest BCUT2D eigenvalue weighted by Crippen LogP contribution is -2.24. The van der Waals surface area contributed by atoms with Gasteiger partial charge in [0.05, 0.1) is 5.69 Å². The van der Waals surface area contributed by atoms with Gasteiger partial charge in [-0.3, -0.25) is 19.8 Å². The third-order valence-corrected chi connectivity index (χ3v) is 3.28. The van der Waals surface area contributed by atoms with Crippen molar-refractivity contribution in [1.82, 2.24) is 9.97 Å². The summed E-state index contributed by atoms with van der Waals surface area (Å²) in [4.78, 5) is 31.2. The summed E-state index contributed by atoms with van der Waals surface area (Å²) >= 11 is 0. The number of hydrogen-bond donors (Lipinski definition) is 3. The molecular weight excluding hydrogens is 294 g/mol. The number of rotatable bonds is 3. The Labute approximate surface area is 130 Å². The third kappa shape index (κ3) is 3.11. The van der Waals surface area contributed by atoms with Crippen LogP contribution < -0.4 is 11.2 Å². The molecule has 0 fully saturated rings. The first-order valence-electron chi connectivity index (χ1n) is 6.89. The molecule has 0 aliphatic carbocycles. The van der Waals surface area contributed by atoms with E-state index >= 15 is 0 Å². The van der Waals surface area contributed by atoms with Crippen molar-refractivity contribution in [2.24, 2.45) is 4.99 Å². The zero-order valence-corrected chi connectivity index (χ0v) is 12.0. The summed E-state index contributed by atoms with van der Waals surface area (Å²) in [5, 5.41) is 9.67. The van der Waals surface area contributed by atoms with Gasteiger partial charge in [-0.05, 0) is 11.6 Å². The maximum atomic E-state index is 11.7. The molecule has 0 atom stereocenters. The second kappa shape index (κ2) is 6.15. The fourth-order valence-electron chi connectivity index (χ4n) is 2.19. The Balaban J connectivity index is 2.05. The second-order valence-corrected chi connectivity index (χ2v) is 4.81. The highest BCUT2D eigenvalue weighted by Crippen LogP contribution is 2.29. The van der Waals surface area contributed by atoms with Crippen molar-refractivity contribution in [1.29, 1.82) is 0 Å². The van der Waals surface area contributed by atoms with Crippen LogP contribution >= 0.6 is 0 Å². The summed E-state index contributed by atoms with van der Waals surface area (Å²) in [5.74, 6) is -0.514. The lowest BCUT2D eigenvalue weighted by molar-refractivity contribution is 0.447. The molecule has 0 radical (unpaired) electrons. The van der Waals surface area contributed by atoms with E-state index in [0.29, 0.717) is 5.69 Å². The highest BCUT2D eigenvalue weighted by molar-refractivity contribution is 5.87. The van der Waals surface area contributed by atoms with Crippen molar-refractivity contribution in [2.45, 2.75) is 0 Å². The van der Waals surface area contributed by atoms with Crippen molar-refractivity contribution < 1.29 is 5.11 Å². The minimum Gasteiger partial charge on any atom is -0.494 e. The number of aromatic nitrogens is 2. The van der Waals surface area contributed by atoms with Crippen molar-refractivity contribution in [2.75, 3.05) is 0 Å². The van der Waals surface area contributed by atoms with Gasteiger partial charge in [-0.2, -0.15) is 0 Å². The third-order valence-electron chi connectivity index (χ3n) is 3.28. The molecular formula is C17H13N3O3. The summed E-state index contributed by atoms with van der Waals surface area (Å²) in [6.07, 6.45) is 1.23. The maximum absolute atomic E-state index is 11.7. The Morgan fingerprint density at radius 3 is 2.35 bits per heavy atom. The Morgan fingerprint density at radius 2 is 1.61 bits per heavy atom. The van der Waals surface area contributed by atoms with Gasteiger partial charge in [0, 0.05) is 11.8 Å². The van der Waals surface area contributed by atoms with E-state index in [1.165, 1.54) is 6.21 Å². The highest BCUT2D eigenvalue weighted by atomic mass is 16.3. The number of nitrogens with one attached hydrogen (secondary N) is 2. The minimum atomic E-state index is -0.769. The van der Waals surface area contributed by atoms with Gasteiger partial charge < -0.3 is 5.11 Å². The number of para-hydroxylation sites is 1. The van der Waals surface area contributed by atoms with E-state index in [2.05, 4.69) is 9.98 Å². The molecule has 0 bridgehead atoms. The molecule has 3 rings (SSSR count). The highest BCUT2D eigenvalue weighted by Gasteiger charge is 2.07. The molecule has 0 aliphatic heterocycles. The summed E-state index contributed by atoms with van der Waals surface area (Å²) in [5.41, 5.74) is 0.947. The molecule has 0 amide bonds. The Morgan fingerprint density at radius 1 is 0.913 bits per heavy atom. The monoisotopic (exact) mass is 307 g/mol. The molecule has 0 unspecified atom stereocenters. The molecule has 0 aliphatic rings. The lowest BCUT2D eigenvalue weighted by Gasteiger charge is -2.05. The van der Waals surface area contributed by atoms with Crippen LogP contribution in [0.4, 0.5) is 5.69 Å². The second-order valence-electron chi connectivity index (χ2n) is 4.81. The van der Waals surface area contributed by atoms with Crippen LogP contribution in [0.15, 0.2) is 69.2 Å². The average molecular weight is 307 g/mol. The molecule has 0 spiro atoms. The van der Waals surface area contributed by atoms with E-state index in [9.17, 15) is 14.7 Å². The van der Waals surface area contributed by atoms with Crippen LogP contribution in [0, 0.1) is 0 Å². The van der Waals surface area contributed by atoms with Crippen LogP contribution in [-0.2, 0) is 0 Å². The van der Waals surface area contributed by atoms with Gasteiger partial charge in [-0.1, -0.05) is 48.5 Å². The quantitative estimate of drug-likeness (QED) is 0.647. The van der Waals surface area contributed by atoms with Crippen LogP contribution in [0.1, 0.15) is 5.56 Å². The number of aliphatic imine (C=N–C) groups is 1. The van der Waals surface area contributed by atoms with Gasteiger partial charge in [-0.25, -0.2) is 4.79 Å². The summed E-state index contributed by atoms with van der Waals surface area (Å²) in [7, 11) is 0. The fourth-order valence-corrected chi connectivity index (χ4v) is 2.19. The maximum Gasteiger partial charge on any atom is 0.328 e. The van der Waals surface area contributed by atoms with Crippen molar-refractivity contribution in [3.63, 3.8) is 0 Å². The van der Waals surface area contributed by atoms with Gasteiger partial charge in [0.15, 0.2) is 0 Å².